The van der Waals surface area contributed by atoms with Crippen molar-refractivity contribution in [2.24, 2.45) is 0 Å². The highest BCUT2D eigenvalue weighted by Gasteiger charge is 2.24. The van der Waals surface area contributed by atoms with Gasteiger partial charge in [-0.1, -0.05) is 0 Å². The summed E-state index contributed by atoms with van der Waals surface area (Å²) < 4.78 is 12.3. The average Bonchev–Trinajstić information content (AvgIpc) is 3.23. The van der Waals surface area contributed by atoms with E-state index in [1.807, 2.05) is 36.5 Å². The van der Waals surface area contributed by atoms with Crippen LogP contribution in [0.15, 0.2) is 47.4 Å². The quantitative estimate of drug-likeness (QED) is 0.663. The van der Waals surface area contributed by atoms with Crippen LogP contribution in [0.3, 0.4) is 0 Å². The van der Waals surface area contributed by atoms with Crippen LogP contribution in [0.1, 0.15) is 6.42 Å². The summed E-state index contributed by atoms with van der Waals surface area (Å²) in [6.07, 6.45) is 3.01. The van der Waals surface area contributed by atoms with Crippen molar-refractivity contribution in [3.8, 4) is 22.8 Å². The van der Waals surface area contributed by atoms with E-state index in [0.717, 1.165) is 30.8 Å². The van der Waals surface area contributed by atoms with Crippen LogP contribution in [0.5, 0.6) is 11.5 Å². The number of rotatable bonds is 5. The maximum atomic E-state index is 12.8. The third-order valence-electron chi connectivity index (χ3n) is 5.58. The molecule has 2 aromatic heterocycles. The first-order valence-corrected chi connectivity index (χ1v) is 9.67. The van der Waals surface area contributed by atoms with Crippen molar-refractivity contribution in [3.05, 3.63) is 52.9 Å². The van der Waals surface area contributed by atoms with Gasteiger partial charge in [-0.15, -0.1) is 0 Å². The van der Waals surface area contributed by atoms with E-state index in [1.165, 1.54) is 0 Å². The van der Waals surface area contributed by atoms with Crippen molar-refractivity contribution in [1.82, 2.24) is 14.3 Å². The third-order valence-corrected chi connectivity index (χ3v) is 5.58. The normalized spacial score (nSPS) is 16.6. The van der Waals surface area contributed by atoms with E-state index in [9.17, 15) is 4.79 Å². The zero-order valence-corrected chi connectivity index (χ0v) is 17.3. The minimum atomic E-state index is -0.106. The molecule has 29 heavy (non-hydrogen) atoms. The zero-order valence-electron chi connectivity index (χ0n) is 17.3. The topological polar surface area (TPSA) is 59.3 Å². The fourth-order valence-electron chi connectivity index (χ4n) is 3.82. The predicted octanol–water partition coefficient (Wildman–Crippen LogP) is 2.52. The van der Waals surface area contributed by atoms with Crippen LogP contribution >= 0.6 is 0 Å². The molecule has 0 saturated carbocycles. The molecule has 1 saturated heterocycles. The second kappa shape index (κ2) is 7.75. The fourth-order valence-corrected chi connectivity index (χ4v) is 3.82. The van der Waals surface area contributed by atoms with Crippen LogP contribution in [-0.2, 0) is 0 Å². The molecule has 1 aliphatic heterocycles. The molecule has 3 heterocycles. The summed E-state index contributed by atoms with van der Waals surface area (Å²) in [6, 6.07) is 11.6. The Morgan fingerprint density at radius 1 is 1.07 bits per heavy atom. The van der Waals surface area contributed by atoms with E-state index in [0.29, 0.717) is 28.9 Å². The summed E-state index contributed by atoms with van der Waals surface area (Å²) in [5, 5.41) is 0. The molecule has 0 N–H and O–H groups in total. The van der Waals surface area contributed by atoms with Gasteiger partial charge in [-0.25, -0.2) is 4.98 Å². The first kappa shape index (κ1) is 19.3. The number of nitrogens with zero attached hydrogens (tertiary/aromatic N) is 4. The highest BCUT2D eigenvalue weighted by atomic mass is 16.5. The number of benzene rings is 1. The van der Waals surface area contributed by atoms with Crippen molar-refractivity contribution < 1.29 is 9.47 Å². The summed E-state index contributed by atoms with van der Waals surface area (Å²) in [5.74, 6) is 1.24. The van der Waals surface area contributed by atoms with Crippen LogP contribution in [0.2, 0.25) is 0 Å². The number of aromatic nitrogens is 2. The Morgan fingerprint density at radius 3 is 2.55 bits per heavy atom. The van der Waals surface area contributed by atoms with Crippen LogP contribution in [0, 0.1) is 0 Å². The monoisotopic (exact) mass is 394 g/mol. The number of pyridine rings is 1. The van der Waals surface area contributed by atoms with Gasteiger partial charge >= 0.3 is 0 Å². The standard InChI is InChI=1S/C22H26N4O3/c1-24(2)16-9-10-25(13-16)17-6-8-21-23-18(12-22(27)26(21)14-17)15-5-7-19(28-3)20(11-15)29-4/h5-8,11-12,14,16H,9-10,13H2,1-4H3. The van der Waals surface area contributed by atoms with Crippen molar-refractivity contribution in [1.29, 1.82) is 0 Å². The highest BCUT2D eigenvalue weighted by molar-refractivity contribution is 5.66. The molecule has 0 spiro atoms. The number of hydrogen-bond acceptors (Lipinski definition) is 6. The SMILES string of the molecule is COc1ccc(-c2cc(=O)n3cc(N4CCC(N(C)C)C4)ccc3n2)cc1OC. The van der Waals surface area contributed by atoms with Gasteiger partial charge in [0.2, 0.25) is 0 Å². The number of fused-ring (bicyclic) bond motifs is 1. The van der Waals surface area contributed by atoms with Gasteiger partial charge in [0.05, 0.1) is 25.6 Å². The van der Waals surface area contributed by atoms with Crippen LogP contribution in [-0.4, -0.2) is 61.7 Å². The van der Waals surface area contributed by atoms with Gasteiger partial charge < -0.3 is 19.3 Å². The molecular formula is C22H26N4O3. The number of anilines is 1. The highest BCUT2D eigenvalue weighted by Crippen LogP contribution is 2.31. The second-order valence-electron chi connectivity index (χ2n) is 7.52. The minimum absolute atomic E-state index is 0.106. The van der Waals surface area contributed by atoms with E-state index < -0.39 is 0 Å². The first-order valence-electron chi connectivity index (χ1n) is 9.67. The number of hydrogen-bond donors (Lipinski definition) is 0. The lowest BCUT2D eigenvalue weighted by molar-refractivity contribution is 0.315. The Labute approximate surface area is 170 Å². The molecule has 7 nitrogen and oxygen atoms in total. The number of ether oxygens (including phenoxy) is 2. The van der Waals surface area contributed by atoms with Crippen LogP contribution in [0.25, 0.3) is 16.9 Å². The fraction of sp³-hybridized carbons (Fsp3) is 0.364. The van der Waals surface area contributed by atoms with Gasteiger partial charge in [-0.3, -0.25) is 9.20 Å². The predicted molar refractivity (Wildman–Crippen MR) is 114 cm³/mol. The summed E-state index contributed by atoms with van der Waals surface area (Å²) in [6.45, 7) is 1.95. The lowest BCUT2D eigenvalue weighted by Gasteiger charge is -2.22. The van der Waals surface area contributed by atoms with Gasteiger partial charge in [-0.05, 0) is 50.8 Å². The van der Waals surface area contributed by atoms with Crippen LogP contribution in [0.4, 0.5) is 5.69 Å². The molecule has 1 unspecified atom stereocenters. The number of likely N-dealkylation sites (N-methyl/N-ethyl adjacent to an activating group) is 1. The summed E-state index contributed by atoms with van der Waals surface area (Å²) in [4.78, 5) is 22.1. The summed E-state index contributed by atoms with van der Waals surface area (Å²) >= 11 is 0. The molecular weight excluding hydrogens is 368 g/mol. The molecule has 0 bridgehead atoms. The molecule has 1 atom stereocenters. The Balaban J connectivity index is 1.69. The Kier molecular flexibility index (Phi) is 5.15. The molecule has 1 fully saturated rings. The van der Waals surface area contributed by atoms with E-state index in [4.69, 9.17) is 9.47 Å². The van der Waals surface area contributed by atoms with Gasteiger partial charge in [0.25, 0.3) is 5.56 Å². The van der Waals surface area contributed by atoms with E-state index in [-0.39, 0.29) is 5.56 Å². The van der Waals surface area contributed by atoms with Crippen molar-refractivity contribution in [2.45, 2.75) is 12.5 Å². The maximum Gasteiger partial charge on any atom is 0.258 e. The summed E-state index contributed by atoms with van der Waals surface area (Å²) in [7, 11) is 7.40. The van der Waals surface area contributed by atoms with Gasteiger partial charge in [0, 0.05) is 37.0 Å². The van der Waals surface area contributed by atoms with E-state index in [2.05, 4.69) is 28.9 Å². The first-order chi connectivity index (χ1) is 14.0. The van der Waals surface area contributed by atoms with E-state index in [1.54, 1.807) is 24.7 Å². The molecule has 0 radical (unpaired) electrons. The molecule has 7 heteroatoms. The molecule has 0 aliphatic carbocycles. The van der Waals surface area contributed by atoms with Gasteiger partial charge in [0.15, 0.2) is 11.5 Å². The average molecular weight is 394 g/mol. The Hall–Kier alpha value is -3.06. The number of methoxy groups -OCH3 is 2. The zero-order chi connectivity index (χ0) is 20.5. The third kappa shape index (κ3) is 3.65. The lowest BCUT2D eigenvalue weighted by atomic mass is 10.1. The molecule has 0 amide bonds. The second-order valence-corrected chi connectivity index (χ2v) is 7.52. The Bertz CT molecular complexity index is 1090. The minimum Gasteiger partial charge on any atom is -0.493 e. The van der Waals surface area contributed by atoms with Gasteiger partial charge in [0.1, 0.15) is 5.65 Å². The van der Waals surface area contributed by atoms with Gasteiger partial charge in [-0.2, -0.15) is 0 Å². The molecule has 1 aliphatic rings. The van der Waals surface area contributed by atoms with E-state index >= 15 is 0 Å². The summed E-state index contributed by atoms with van der Waals surface area (Å²) in [5.41, 5.74) is 2.97. The maximum absolute atomic E-state index is 12.8. The van der Waals surface area contributed by atoms with Crippen molar-refractivity contribution >= 4 is 11.3 Å². The Morgan fingerprint density at radius 2 is 1.86 bits per heavy atom. The van der Waals surface area contributed by atoms with Crippen molar-refractivity contribution in [3.63, 3.8) is 0 Å². The molecule has 1 aromatic carbocycles. The molecule has 4 rings (SSSR count). The van der Waals surface area contributed by atoms with Crippen LogP contribution < -0.4 is 19.9 Å². The molecule has 152 valence electrons. The molecule has 3 aromatic rings. The van der Waals surface area contributed by atoms with Crippen molar-refractivity contribution in [2.75, 3.05) is 46.3 Å². The lowest BCUT2D eigenvalue weighted by Crippen LogP contribution is -2.31. The smallest absolute Gasteiger partial charge is 0.258 e. The largest absolute Gasteiger partial charge is 0.493 e.